The first-order chi connectivity index (χ1) is 15.6. The summed E-state index contributed by atoms with van der Waals surface area (Å²) in [4.78, 5) is 26.7. The van der Waals surface area contributed by atoms with Gasteiger partial charge in [0.1, 0.15) is 0 Å². The van der Waals surface area contributed by atoms with E-state index in [1.807, 2.05) is 24.3 Å². The summed E-state index contributed by atoms with van der Waals surface area (Å²) in [5.41, 5.74) is -0.0958. The van der Waals surface area contributed by atoms with Crippen molar-refractivity contribution in [3.05, 3.63) is 71.8 Å². The third-order valence-corrected chi connectivity index (χ3v) is 7.58. The van der Waals surface area contributed by atoms with Gasteiger partial charge in [0, 0.05) is 24.0 Å². The quantitative estimate of drug-likeness (QED) is 0.526. The van der Waals surface area contributed by atoms with E-state index in [1.165, 1.54) is 17.7 Å². The Morgan fingerprint density at radius 2 is 1.91 bits per heavy atom. The van der Waals surface area contributed by atoms with Crippen LogP contribution in [0.15, 0.2) is 66.3 Å². The van der Waals surface area contributed by atoms with Gasteiger partial charge in [-0.3, -0.25) is 4.79 Å². The van der Waals surface area contributed by atoms with Crippen molar-refractivity contribution < 1.29 is 19.4 Å². The van der Waals surface area contributed by atoms with Gasteiger partial charge in [0.05, 0.1) is 5.60 Å². The molecule has 4 rings (SSSR count). The number of carbonyl (C=O) groups is 2. The molecular formula is C28H35NO4. The molecule has 3 aliphatic rings. The summed E-state index contributed by atoms with van der Waals surface area (Å²) in [6, 6.07) is 9.94. The molecule has 176 valence electrons. The van der Waals surface area contributed by atoms with E-state index in [1.54, 1.807) is 6.92 Å². The number of rotatable bonds is 2. The predicted molar refractivity (Wildman–Crippen MR) is 128 cm³/mol. The normalized spacial score (nSPS) is 38.8. The lowest BCUT2D eigenvalue weighted by molar-refractivity contribution is -0.172. The summed E-state index contributed by atoms with van der Waals surface area (Å²) < 4.78 is 6.11. The molecule has 2 N–H and O–H groups in total. The van der Waals surface area contributed by atoms with Crippen LogP contribution in [0.4, 0.5) is 0 Å². The second kappa shape index (κ2) is 8.94. The molecule has 5 nitrogen and oxygen atoms in total. The second-order valence-corrected chi connectivity index (χ2v) is 10.4. The van der Waals surface area contributed by atoms with Gasteiger partial charge < -0.3 is 15.2 Å². The Balaban J connectivity index is 1.78. The maximum absolute atomic E-state index is 13.6. The van der Waals surface area contributed by atoms with Crippen LogP contribution in [0.5, 0.6) is 0 Å². The monoisotopic (exact) mass is 449 g/mol. The lowest BCUT2D eigenvalue weighted by Gasteiger charge is -2.44. The van der Waals surface area contributed by atoms with E-state index in [9.17, 15) is 14.7 Å². The highest BCUT2D eigenvalue weighted by atomic mass is 16.6. The minimum atomic E-state index is -1.31. The Morgan fingerprint density at radius 3 is 2.64 bits per heavy atom. The number of benzene rings is 1. The minimum absolute atomic E-state index is 0.0639. The van der Waals surface area contributed by atoms with Crippen LogP contribution >= 0.6 is 0 Å². The van der Waals surface area contributed by atoms with Crippen LogP contribution < -0.4 is 5.32 Å². The number of carbonyl (C=O) groups excluding carboxylic acids is 2. The van der Waals surface area contributed by atoms with E-state index in [-0.39, 0.29) is 35.6 Å². The van der Waals surface area contributed by atoms with Gasteiger partial charge in [-0.25, -0.2) is 4.79 Å². The maximum atomic E-state index is 13.6. The minimum Gasteiger partial charge on any atom is -0.444 e. The number of aliphatic hydroxyl groups is 1. The number of allylic oxidation sites excluding steroid dienone is 2. The molecule has 2 heterocycles. The molecule has 1 saturated heterocycles. The molecule has 0 bridgehead atoms. The summed E-state index contributed by atoms with van der Waals surface area (Å²) >= 11 is 0. The van der Waals surface area contributed by atoms with E-state index in [0.717, 1.165) is 12.0 Å². The number of ether oxygens (including phenoxy) is 1. The summed E-state index contributed by atoms with van der Waals surface area (Å²) in [7, 11) is 0. The van der Waals surface area contributed by atoms with Gasteiger partial charge in [-0.05, 0) is 56.6 Å². The topological polar surface area (TPSA) is 75.6 Å². The van der Waals surface area contributed by atoms with Crippen LogP contribution in [0, 0.1) is 23.7 Å². The van der Waals surface area contributed by atoms with E-state index in [2.05, 4.69) is 50.4 Å². The number of hydrogen-bond acceptors (Lipinski definition) is 4. The van der Waals surface area contributed by atoms with Gasteiger partial charge >= 0.3 is 5.97 Å². The largest absolute Gasteiger partial charge is 0.444 e. The Labute approximate surface area is 196 Å². The first-order valence-corrected chi connectivity index (χ1v) is 12.0. The van der Waals surface area contributed by atoms with Crippen LogP contribution in [-0.2, 0) is 20.7 Å². The number of hydrogen-bond donors (Lipinski definition) is 2. The highest BCUT2D eigenvalue weighted by molar-refractivity contribution is 5.94. The molecule has 7 atom stereocenters. The fourth-order valence-electron chi connectivity index (χ4n) is 5.95. The molecule has 0 radical (unpaired) electrons. The zero-order valence-electron chi connectivity index (χ0n) is 20.0. The molecular weight excluding hydrogens is 414 g/mol. The van der Waals surface area contributed by atoms with Gasteiger partial charge in [-0.1, -0.05) is 68.0 Å². The molecule has 5 heteroatoms. The lowest BCUT2D eigenvalue weighted by Crippen LogP contribution is -2.56. The van der Waals surface area contributed by atoms with Crippen LogP contribution in [0.2, 0.25) is 0 Å². The van der Waals surface area contributed by atoms with Crippen molar-refractivity contribution in [2.45, 2.75) is 64.2 Å². The van der Waals surface area contributed by atoms with Crippen molar-refractivity contribution in [2.24, 2.45) is 23.7 Å². The Bertz CT molecular complexity index is 992. The fraction of sp³-hybridized carbons (Fsp3) is 0.500. The number of esters is 1. The standard InChI is InChI=1S/C28H35NO4/c1-18-9-8-12-22-15-19(2)20(3)25-23(16-21-10-6-5-7-11-21)29-26(31)28(22,25)33-24(30)13-14-27(4,32)17-18/h5-8,10-15,18,20,22-23,25,32H,9,16-17H2,1-4H3,(H,29,31)/t18-,20+,22-,23-,25-,27+,28-/m0/s1. The summed E-state index contributed by atoms with van der Waals surface area (Å²) in [6.45, 7) is 7.99. The molecule has 0 aromatic heterocycles. The maximum Gasteiger partial charge on any atom is 0.331 e. The molecule has 1 amide bonds. The van der Waals surface area contributed by atoms with Crippen molar-refractivity contribution in [3.63, 3.8) is 0 Å². The van der Waals surface area contributed by atoms with E-state index < -0.39 is 17.2 Å². The van der Waals surface area contributed by atoms with Crippen molar-refractivity contribution in [1.82, 2.24) is 5.32 Å². The Kier molecular flexibility index (Phi) is 6.37. The average molecular weight is 450 g/mol. The predicted octanol–water partition coefficient (Wildman–Crippen LogP) is 4.13. The van der Waals surface area contributed by atoms with Crippen LogP contribution in [-0.4, -0.2) is 34.2 Å². The fourth-order valence-corrected chi connectivity index (χ4v) is 5.95. The van der Waals surface area contributed by atoms with E-state index in [0.29, 0.717) is 12.8 Å². The van der Waals surface area contributed by atoms with Gasteiger partial charge in [0.25, 0.3) is 5.91 Å². The van der Waals surface area contributed by atoms with E-state index >= 15 is 0 Å². The van der Waals surface area contributed by atoms with E-state index in [4.69, 9.17) is 4.74 Å². The third kappa shape index (κ3) is 4.56. The molecule has 1 aromatic carbocycles. The average Bonchev–Trinajstić information content (AvgIpc) is 3.02. The van der Waals surface area contributed by atoms with Gasteiger partial charge in [-0.15, -0.1) is 0 Å². The summed E-state index contributed by atoms with van der Waals surface area (Å²) in [5.74, 6) is -1.10. The molecule has 0 unspecified atom stereocenters. The molecule has 1 fully saturated rings. The Morgan fingerprint density at radius 1 is 1.18 bits per heavy atom. The summed E-state index contributed by atoms with van der Waals surface area (Å²) in [6.07, 6.45) is 10.9. The third-order valence-electron chi connectivity index (χ3n) is 7.58. The van der Waals surface area contributed by atoms with Gasteiger partial charge in [-0.2, -0.15) is 0 Å². The second-order valence-electron chi connectivity index (χ2n) is 10.4. The van der Waals surface area contributed by atoms with Crippen LogP contribution in [0.25, 0.3) is 0 Å². The van der Waals surface area contributed by atoms with Crippen molar-refractivity contribution in [1.29, 1.82) is 0 Å². The van der Waals surface area contributed by atoms with Gasteiger partial charge in [0.2, 0.25) is 5.60 Å². The molecule has 33 heavy (non-hydrogen) atoms. The van der Waals surface area contributed by atoms with Crippen molar-refractivity contribution in [2.75, 3.05) is 0 Å². The van der Waals surface area contributed by atoms with Crippen LogP contribution in [0.1, 0.15) is 46.1 Å². The Hall–Kier alpha value is -2.66. The number of nitrogens with one attached hydrogen (secondary N) is 1. The number of amides is 1. The molecule has 1 spiro atoms. The van der Waals surface area contributed by atoms with Crippen LogP contribution in [0.3, 0.4) is 0 Å². The SMILES string of the molecule is CC1=C[C@@H]2C=CC[C@H](C)C[C@](C)(O)C=CC(=O)O[C@@]23C(=O)N[C@@H](Cc2ccccc2)[C@@H]3[C@@H]1C. The highest BCUT2D eigenvalue weighted by Gasteiger charge is 2.64. The molecule has 2 aliphatic heterocycles. The molecule has 1 aliphatic carbocycles. The zero-order chi connectivity index (χ0) is 23.8. The zero-order valence-corrected chi connectivity index (χ0v) is 20.0. The van der Waals surface area contributed by atoms with Gasteiger partial charge in [0.15, 0.2) is 0 Å². The molecule has 0 saturated carbocycles. The highest BCUT2D eigenvalue weighted by Crippen LogP contribution is 2.50. The smallest absolute Gasteiger partial charge is 0.331 e. The van der Waals surface area contributed by atoms with Crippen molar-refractivity contribution in [3.8, 4) is 0 Å². The molecule has 1 aromatic rings. The first kappa shape index (κ1) is 23.5. The first-order valence-electron chi connectivity index (χ1n) is 12.0. The van der Waals surface area contributed by atoms with Crippen molar-refractivity contribution >= 4 is 11.9 Å². The lowest BCUT2D eigenvalue weighted by atomic mass is 9.63. The summed E-state index contributed by atoms with van der Waals surface area (Å²) in [5, 5.41) is 13.9.